The Morgan fingerprint density at radius 3 is 2.50 bits per heavy atom. The van der Waals surface area contributed by atoms with Crippen molar-refractivity contribution in [2.75, 3.05) is 0 Å². The van der Waals surface area contributed by atoms with Crippen LogP contribution in [0.15, 0.2) is 0 Å². The molecule has 0 atom stereocenters. The SMILES string of the molecule is [CH2]CC(=O)NN. The van der Waals surface area contributed by atoms with Crippen molar-refractivity contribution in [3.63, 3.8) is 0 Å². The summed E-state index contributed by atoms with van der Waals surface area (Å²) in [4.78, 5) is 9.88. The average molecular weight is 87.1 g/mol. The first-order chi connectivity index (χ1) is 2.81. The van der Waals surface area contributed by atoms with Gasteiger partial charge in [-0.3, -0.25) is 10.2 Å². The molecule has 1 radical (unpaired) electrons. The summed E-state index contributed by atoms with van der Waals surface area (Å²) in [5.74, 6) is 4.40. The molecule has 0 unspecified atom stereocenters. The van der Waals surface area contributed by atoms with E-state index in [0.29, 0.717) is 0 Å². The molecule has 0 saturated heterocycles. The highest BCUT2D eigenvalue weighted by molar-refractivity contribution is 5.75. The quantitative estimate of drug-likeness (QED) is 0.250. The molecule has 0 aliphatic rings. The Balaban J connectivity index is 2.99. The van der Waals surface area contributed by atoms with Gasteiger partial charge in [-0.15, -0.1) is 0 Å². The summed E-state index contributed by atoms with van der Waals surface area (Å²) in [6.07, 6.45) is 0.205. The minimum absolute atomic E-state index is 0.205. The monoisotopic (exact) mass is 87.1 g/mol. The lowest BCUT2D eigenvalue weighted by Gasteiger charge is -1.87. The van der Waals surface area contributed by atoms with Crippen LogP contribution in [0.3, 0.4) is 0 Å². The Kier molecular flexibility index (Phi) is 2.40. The minimum atomic E-state index is -0.241. The van der Waals surface area contributed by atoms with E-state index in [1.807, 2.05) is 5.43 Å². The summed E-state index contributed by atoms with van der Waals surface area (Å²) < 4.78 is 0. The van der Waals surface area contributed by atoms with Crippen LogP contribution >= 0.6 is 0 Å². The second-order valence-electron chi connectivity index (χ2n) is 0.818. The van der Waals surface area contributed by atoms with Crippen LogP contribution in [-0.4, -0.2) is 5.91 Å². The van der Waals surface area contributed by atoms with Gasteiger partial charge in [-0.1, -0.05) is 0 Å². The summed E-state index contributed by atoms with van der Waals surface area (Å²) in [5.41, 5.74) is 1.91. The van der Waals surface area contributed by atoms with E-state index in [1.54, 1.807) is 0 Å². The van der Waals surface area contributed by atoms with E-state index in [0.717, 1.165) is 0 Å². The largest absolute Gasteiger partial charge is 0.294 e. The molecule has 6 heavy (non-hydrogen) atoms. The molecule has 0 saturated carbocycles. The standard InChI is InChI=1S/C3H7N2O/c1-2-3(6)5-4/h1-2,4H2,(H,5,6). The van der Waals surface area contributed by atoms with E-state index in [2.05, 4.69) is 12.8 Å². The topological polar surface area (TPSA) is 55.1 Å². The van der Waals surface area contributed by atoms with Gasteiger partial charge in [-0.2, -0.15) is 0 Å². The van der Waals surface area contributed by atoms with Gasteiger partial charge in [-0.05, 0) is 6.92 Å². The number of hydrogen-bond acceptors (Lipinski definition) is 2. The maximum Gasteiger partial charge on any atom is 0.233 e. The van der Waals surface area contributed by atoms with Crippen molar-refractivity contribution >= 4 is 5.91 Å². The molecular weight excluding hydrogens is 80.0 g/mol. The van der Waals surface area contributed by atoms with Gasteiger partial charge >= 0.3 is 0 Å². The first kappa shape index (κ1) is 5.43. The van der Waals surface area contributed by atoms with Gasteiger partial charge in [-0.25, -0.2) is 5.84 Å². The van der Waals surface area contributed by atoms with Crippen LogP contribution < -0.4 is 11.3 Å². The van der Waals surface area contributed by atoms with Crippen molar-refractivity contribution in [1.82, 2.24) is 5.43 Å². The lowest BCUT2D eigenvalue weighted by Crippen LogP contribution is -2.28. The molecule has 3 heteroatoms. The molecule has 0 aliphatic heterocycles. The minimum Gasteiger partial charge on any atom is -0.294 e. The zero-order valence-corrected chi connectivity index (χ0v) is 3.40. The van der Waals surface area contributed by atoms with Gasteiger partial charge in [0.2, 0.25) is 5.91 Å². The molecule has 35 valence electrons. The molecular formula is C3H7N2O. The highest BCUT2D eigenvalue weighted by atomic mass is 16.2. The van der Waals surface area contributed by atoms with Crippen molar-refractivity contribution in [2.45, 2.75) is 6.42 Å². The summed E-state index contributed by atoms with van der Waals surface area (Å²) >= 11 is 0. The lowest BCUT2D eigenvalue weighted by molar-refractivity contribution is -0.120. The Bertz CT molecular complexity index is 46.8. The zero-order valence-electron chi connectivity index (χ0n) is 3.40. The Morgan fingerprint density at radius 1 is 2.00 bits per heavy atom. The zero-order chi connectivity index (χ0) is 4.99. The third-order valence-corrected chi connectivity index (χ3v) is 0.388. The number of rotatable bonds is 1. The Hall–Kier alpha value is -0.570. The molecule has 0 bridgehead atoms. The molecule has 0 spiro atoms. The molecule has 0 rings (SSSR count). The van der Waals surface area contributed by atoms with Crippen LogP contribution in [-0.2, 0) is 4.79 Å². The van der Waals surface area contributed by atoms with Gasteiger partial charge < -0.3 is 0 Å². The number of nitrogens with two attached hydrogens (primary N) is 1. The van der Waals surface area contributed by atoms with E-state index in [4.69, 9.17) is 0 Å². The Morgan fingerprint density at radius 2 is 2.50 bits per heavy atom. The van der Waals surface area contributed by atoms with Crippen LogP contribution in [0, 0.1) is 6.92 Å². The second kappa shape index (κ2) is 2.66. The summed E-state index contributed by atoms with van der Waals surface area (Å²) in [6, 6.07) is 0. The number of hydrazine groups is 1. The number of carbonyl (C=O) groups is 1. The van der Waals surface area contributed by atoms with E-state index < -0.39 is 0 Å². The number of amides is 1. The predicted octanol–water partition coefficient (Wildman–Crippen LogP) is -0.800. The number of carbonyl (C=O) groups excluding carboxylic acids is 1. The average Bonchev–Trinajstić information content (AvgIpc) is 1.65. The second-order valence-corrected chi connectivity index (χ2v) is 0.818. The van der Waals surface area contributed by atoms with E-state index in [1.165, 1.54) is 0 Å². The molecule has 0 aromatic carbocycles. The van der Waals surface area contributed by atoms with Gasteiger partial charge in [0, 0.05) is 6.42 Å². The summed E-state index contributed by atoms with van der Waals surface area (Å²) in [5, 5.41) is 0. The third-order valence-electron chi connectivity index (χ3n) is 0.388. The van der Waals surface area contributed by atoms with Gasteiger partial charge in [0.05, 0.1) is 0 Å². The van der Waals surface area contributed by atoms with Crippen molar-refractivity contribution < 1.29 is 4.79 Å². The van der Waals surface area contributed by atoms with E-state index in [-0.39, 0.29) is 12.3 Å². The van der Waals surface area contributed by atoms with Crippen LogP contribution in [0.25, 0.3) is 0 Å². The molecule has 3 N–H and O–H groups in total. The van der Waals surface area contributed by atoms with Gasteiger partial charge in [0.15, 0.2) is 0 Å². The molecule has 1 amide bonds. The highest BCUT2D eigenvalue weighted by Crippen LogP contribution is 1.65. The normalized spacial score (nSPS) is 7.67. The van der Waals surface area contributed by atoms with Crippen LogP contribution in [0.2, 0.25) is 0 Å². The molecule has 0 fully saturated rings. The first-order valence-corrected chi connectivity index (χ1v) is 1.60. The maximum atomic E-state index is 9.88. The fourth-order valence-corrected chi connectivity index (χ4v) is 0.0722. The third kappa shape index (κ3) is 1.72. The molecule has 0 aromatic rings. The molecule has 0 aliphatic carbocycles. The molecule has 3 nitrogen and oxygen atoms in total. The van der Waals surface area contributed by atoms with Gasteiger partial charge in [0.25, 0.3) is 0 Å². The number of nitrogens with one attached hydrogen (secondary N) is 1. The van der Waals surface area contributed by atoms with Crippen molar-refractivity contribution in [3.8, 4) is 0 Å². The first-order valence-electron chi connectivity index (χ1n) is 1.60. The lowest BCUT2D eigenvalue weighted by atomic mass is 10.5. The highest BCUT2D eigenvalue weighted by Gasteiger charge is 1.85. The molecule has 0 heterocycles. The van der Waals surface area contributed by atoms with Crippen LogP contribution in [0.4, 0.5) is 0 Å². The smallest absolute Gasteiger partial charge is 0.233 e. The van der Waals surface area contributed by atoms with Gasteiger partial charge in [0.1, 0.15) is 0 Å². The van der Waals surface area contributed by atoms with Crippen molar-refractivity contribution in [3.05, 3.63) is 6.92 Å². The van der Waals surface area contributed by atoms with Crippen molar-refractivity contribution in [2.24, 2.45) is 5.84 Å². The number of hydrogen-bond donors (Lipinski definition) is 2. The maximum absolute atomic E-state index is 9.88. The van der Waals surface area contributed by atoms with Crippen LogP contribution in [0.1, 0.15) is 6.42 Å². The van der Waals surface area contributed by atoms with Crippen LogP contribution in [0.5, 0.6) is 0 Å². The fraction of sp³-hybridized carbons (Fsp3) is 0.333. The van der Waals surface area contributed by atoms with Crippen molar-refractivity contribution in [1.29, 1.82) is 0 Å². The Labute approximate surface area is 36.5 Å². The fourth-order valence-electron chi connectivity index (χ4n) is 0.0722. The predicted molar refractivity (Wildman–Crippen MR) is 22.3 cm³/mol. The van der Waals surface area contributed by atoms with E-state index >= 15 is 0 Å². The summed E-state index contributed by atoms with van der Waals surface area (Å²) in [7, 11) is 0. The summed E-state index contributed by atoms with van der Waals surface area (Å²) in [6.45, 7) is 3.26. The van der Waals surface area contributed by atoms with E-state index in [9.17, 15) is 4.79 Å². The molecule has 0 aromatic heterocycles.